The smallest absolute Gasteiger partial charge is 0.328 e. The number of hydrogen-bond donors (Lipinski definition) is 8. The Morgan fingerprint density at radius 3 is 1.93 bits per heavy atom. The fourth-order valence-corrected chi connectivity index (χ4v) is 1.83. The lowest BCUT2D eigenvalue weighted by atomic mass is 10.1. The molecular weight excluding hydrogens is 366 g/mol. The zero-order valence-corrected chi connectivity index (χ0v) is 14.8. The average molecular weight is 391 g/mol. The highest BCUT2D eigenvalue weighted by atomic mass is 16.4. The van der Waals surface area contributed by atoms with Crippen LogP contribution in [0.5, 0.6) is 0 Å². The average Bonchev–Trinajstić information content (AvgIpc) is 2.55. The van der Waals surface area contributed by atoms with Gasteiger partial charge in [0.05, 0.1) is 25.2 Å². The highest BCUT2D eigenvalue weighted by Crippen LogP contribution is 1.98. The molecule has 0 saturated carbocycles. The maximum Gasteiger partial charge on any atom is 0.328 e. The molecule has 0 saturated heterocycles. The maximum absolute atomic E-state index is 12.2. The van der Waals surface area contributed by atoms with Crippen LogP contribution in [0.25, 0.3) is 0 Å². The van der Waals surface area contributed by atoms with Crippen LogP contribution < -0.4 is 27.4 Å². The summed E-state index contributed by atoms with van der Waals surface area (Å²) in [5, 5.41) is 33.6. The van der Waals surface area contributed by atoms with Crippen LogP contribution in [0.15, 0.2) is 0 Å². The van der Waals surface area contributed by atoms with E-state index in [0.29, 0.717) is 0 Å². The van der Waals surface area contributed by atoms with Crippen LogP contribution in [0.3, 0.4) is 0 Å². The van der Waals surface area contributed by atoms with E-state index in [1.54, 1.807) is 0 Å². The summed E-state index contributed by atoms with van der Waals surface area (Å²) >= 11 is 0. The van der Waals surface area contributed by atoms with E-state index in [1.165, 1.54) is 13.8 Å². The second-order valence-electron chi connectivity index (χ2n) is 5.82. The third-order valence-electron chi connectivity index (χ3n) is 3.37. The molecule has 0 rings (SSSR count). The van der Waals surface area contributed by atoms with E-state index in [2.05, 4.69) is 10.6 Å². The van der Waals surface area contributed by atoms with Gasteiger partial charge < -0.3 is 42.7 Å². The van der Waals surface area contributed by atoms with Crippen molar-refractivity contribution in [1.29, 1.82) is 0 Å². The van der Waals surface area contributed by atoms with Crippen molar-refractivity contribution in [3.8, 4) is 0 Å². The third-order valence-corrected chi connectivity index (χ3v) is 3.37. The van der Waals surface area contributed by atoms with Crippen molar-refractivity contribution in [1.82, 2.24) is 16.0 Å². The summed E-state index contributed by atoms with van der Waals surface area (Å²) in [7, 11) is 0. The van der Waals surface area contributed by atoms with Crippen molar-refractivity contribution < 1.29 is 39.3 Å². The summed E-state index contributed by atoms with van der Waals surface area (Å²) in [6.07, 6.45) is -1.86. The SMILES string of the molecule is CC(NC(=O)C(NC(=O)C(N)CC(N)=O)C(C)O)C(=O)NC(CO)C(=O)O. The van der Waals surface area contributed by atoms with Crippen LogP contribution in [0.1, 0.15) is 20.3 Å². The molecule has 0 radical (unpaired) electrons. The lowest BCUT2D eigenvalue weighted by molar-refractivity contribution is -0.143. The lowest BCUT2D eigenvalue weighted by Crippen LogP contribution is -2.59. The van der Waals surface area contributed by atoms with Gasteiger partial charge in [0, 0.05) is 0 Å². The van der Waals surface area contributed by atoms with Crippen LogP contribution in [-0.2, 0) is 24.0 Å². The van der Waals surface area contributed by atoms with E-state index < -0.39 is 72.9 Å². The van der Waals surface area contributed by atoms with E-state index in [9.17, 15) is 29.1 Å². The first-order chi connectivity index (χ1) is 12.4. The Bertz CT molecular complexity index is 582. The van der Waals surface area contributed by atoms with Crippen molar-refractivity contribution in [2.75, 3.05) is 6.61 Å². The molecule has 154 valence electrons. The van der Waals surface area contributed by atoms with Crippen LogP contribution in [-0.4, -0.2) is 81.8 Å². The first-order valence-electron chi connectivity index (χ1n) is 7.87. The molecule has 27 heavy (non-hydrogen) atoms. The number of carboxylic acids is 1. The van der Waals surface area contributed by atoms with Crippen molar-refractivity contribution in [3.05, 3.63) is 0 Å². The minimum Gasteiger partial charge on any atom is -0.480 e. The molecule has 0 fully saturated rings. The van der Waals surface area contributed by atoms with Gasteiger partial charge in [0.25, 0.3) is 0 Å². The van der Waals surface area contributed by atoms with Crippen molar-refractivity contribution in [2.45, 2.75) is 50.5 Å². The second-order valence-corrected chi connectivity index (χ2v) is 5.82. The number of primary amides is 1. The van der Waals surface area contributed by atoms with E-state index in [0.717, 1.165) is 0 Å². The number of amides is 4. The molecule has 0 aromatic heterocycles. The summed E-state index contributed by atoms with van der Waals surface area (Å²) < 4.78 is 0. The number of nitrogens with two attached hydrogens (primary N) is 2. The molecule has 0 aromatic rings. The molecule has 0 aliphatic carbocycles. The first kappa shape index (κ1) is 24.2. The Hall–Kier alpha value is -2.77. The fourth-order valence-electron chi connectivity index (χ4n) is 1.83. The van der Waals surface area contributed by atoms with Crippen LogP contribution in [0.4, 0.5) is 0 Å². The quantitative estimate of drug-likeness (QED) is 0.168. The number of aliphatic hydroxyl groups excluding tert-OH is 2. The predicted octanol–water partition coefficient (Wildman–Crippen LogP) is -4.88. The van der Waals surface area contributed by atoms with Gasteiger partial charge in [-0.3, -0.25) is 19.2 Å². The molecule has 0 bridgehead atoms. The molecule has 0 aliphatic heterocycles. The summed E-state index contributed by atoms with van der Waals surface area (Å²) in [6, 6.07) is -5.64. The Balaban J connectivity index is 4.92. The number of aliphatic hydroxyl groups is 2. The number of carboxylic acid groups (broad SMARTS) is 1. The highest BCUT2D eigenvalue weighted by molar-refractivity contribution is 5.95. The van der Waals surface area contributed by atoms with E-state index in [-0.39, 0.29) is 0 Å². The standard InChI is InChI=1S/C14H25N5O8/c1-5(11(23)18-8(4-20)14(26)27)17-13(25)10(6(2)21)19-12(24)7(15)3-9(16)22/h5-8,10,20-21H,3-4,15H2,1-2H3,(H2,16,22)(H,17,25)(H,18,23)(H,19,24)(H,26,27). The fraction of sp³-hybridized carbons (Fsp3) is 0.643. The van der Waals surface area contributed by atoms with Gasteiger partial charge >= 0.3 is 5.97 Å². The summed E-state index contributed by atoms with van der Waals surface area (Å²) in [5.74, 6) is -5.09. The summed E-state index contributed by atoms with van der Waals surface area (Å²) in [6.45, 7) is 1.57. The Labute approximate surface area is 154 Å². The lowest BCUT2D eigenvalue weighted by Gasteiger charge is -2.24. The monoisotopic (exact) mass is 391 g/mol. The Kier molecular flexibility index (Phi) is 9.92. The first-order valence-corrected chi connectivity index (χ1v) is 7.87. The topological polar surface area (TPSA) is 234 Å². The van der Waals surface area contributed by atoms with Crippen LogP contribution in [0.2, 0.25) is 0 Å². The van der Waals surface area contributed by atoms with Crippen LogP contribution >= 0.6 is 0 Å². The number of carbonyl (C=O) groups excluding carboxylic acids is 4. The number of aliphatic carboxylic acids is 1. The molecule has 0 aliphatic rings. The van der Waals surface area contributed by atoms with E-state index in [1.807, 2.05) is 5.32 Å². The van der Waals surface area contributed by atoms with Crippen molar-refractivity contribution in [2.24, 2.45) is 11.5 Å². The van der Waals surface area contributed by atoms with Crippen LogP contribution in [0, 0.1) is 0 Å². The molecule has 0 aromatic carbocycles. The number of rotatable bonds is 11. The largest absolute Gasteiger partial charge is 0.480 e. The molecule has 0 heterocycles. The van der Waals surface area contributed by atoms with Gasteiger partial charge in [-0.05, 0) is 13.8 Å². The molecule has 13 nitrogen and oxygen atoms in total. The third kappa shape index (κ3) is 8.44. The number of carbonyl (C=O) groups is 5. The Morgan fingerprint density at radius 2 is 1.52 bits per heavy atom. The van der Waals surface area contributed by atoms with Gasteiger partial charge in [-0.1, -0.05) is 0 Å². The minimum absolute atomic E-state index is 0.476. The Morgan fingerprint density at radius 1 is 0.963 bits per heavy atom. The predicted molar refractivity (Wildman–Crippen MR) is 89.7 cm³/mol. The van der Waals surface area contributed by atoms with Gasteiger partial charge in [-0.25, -0.2) is 4.79 Å². The zero-order valence-electron chi connectivity index (χ0n) is 14.8. The molecule has 4 amide bonds. The maximum atomic E-state index is 12.2. The zero-order chi connectivity index (χ0) is 21.3. The van der Waals surface area contributed by atoms with Crippen molar-refractivity contribution in [3.63, 3.8) is 0 Å². The molecule has 10 N–H and O–H groups in total. The van der Waals surface area contributed by atoms with E-state index in [4.69, 9.17) is 21.7 Å². The summed E-state index contributed by atoms with van der Waals surface area (Å²) in [5.41, 5.74) is 10.4. The summed E-state index contributed by atoms with van der Waals surface area (Å²) in [4.78, 5) is 57.5. The van der Waals surface area contributed by atoms with Gasteiger partial charge in [0.15, 0.2) is 0 Å². The molecule has 13 heteroatoms. The number of nitrogens with one attached hydrogen (secondary N) is 3. The normalized spacial score (nSPS) is 16.2. The van der Waals surface area contributed by atoms with Gasteiger partial charge in [-0.2, -0.15) is 0 Å². The molecule has 5 atom stereocenters. The molecular formula is C14H25N5O8. The van der Waals surface area contributed by atoms with Crippen molar-refractivity contribution >= 4 is 29.6 Å². The van der Waals surface area contributed by atoms with Gasteiger partial charge in [-0.15, -0.1) is 0 Å². The molecule has 5 unspecified atom stereocenters. The van der Waals surface area contributed by atoms with E-state index >= 15 is 0 Å². The van der Waals surface area contributed by atoms with Gasteiger partial charge in [0.1, 0.15) is 18.1 Å². The second kappa shape index (κ2) is 11.1. The minimum atomic E-state index is -1.56. The number of hydrogen-bond acceptors (Lipinski definition) is 8. The molecule has 0 spiro atoms. The highest BCUT2D eigenvalue weighted by Gasteiger charge is 2.31. The van der Waals surface area contributed by atoms with Gasteiger partial charge in [0.2, 0.25) is 23.6 Å².